The zero-order valence-electron chi connectivity index (χ0n) is 12.2. The highest BCUT2D eigenvalue weighted by atomic mass is 16.3. The molecule has 0 saturated carbocycles. The molecule has 4 nitrogen and oxygen atoms in total. The minimum Gasteiger partial charge on any atom is -0.469 e. The Bertz CT molecular complexity index is 506. The summed E-state index contributed by atoms with van der Waals surface area (Å²) in [6.07, 6.45) is 4.73. The van der Waals surface area contributed by atoms with Crippen molar-refractivity contribution in [3.8, 4) is 0 Å². The molecule has 0 aliphatic carbocycles. The van der Waals surface area contributed by atoms with Crippen LogP contribution >= 0.6 is 0 Å². The molecule has 19 heavy (non-hydrogen) atoms. The summed E-state index contributed by atoms with van der Waals surface area (Å²) in [5.74, 6) is 1.02. The van der Waals surface area contributed by atoms with Gasteiger partial charge in [0.05, 0.1) is 12.0 Å². The molecule has 0 amide bonds. The first-order chi connectivity index (χ1) is 8.97. The average molecular weight is 261 g/mol. The van der Waals surface area contributed by atoms with Gasteiger partial charge in [0.15, 0.2) is 0 Å². The zero-order valence-corrected chi connectivity index (χ0v) is 12.2. The highest BCUT2D eigenvalue weighted by Gasteiger charge is 2.21. The SMILES string of the molecule is Cn1cc(CNCCc2ccco2)c(C(C)(C)C)n1. The molecule has 0 aromatic carbocycles. The first kappa shape index (κ1) is 13.9. The van der Waals surface area contributed by atoms with Gasteiger partial charge in [-0.15, -0.1) is 0 Å². The van der Waals surface area contributed by atoms with Crippen LogP contribution in [0, 0.1) is 0 Å². The Labute approximate surface area is 114 Å². The van der Waals surface area contributed by atoms with E-state index in [-0.39, 0.29) is 5.41 Å². The van der Waals surface area contributed by atoms with Crippen LogP contribution in [0.5, 0.6) is 0 Å². The van der Waals surface area contributed by atoms with Gasteiger partial charge in [-0.05, 0) is 12.1 Å². The van der Waals surface area contributed by atoms with Crippen molar-refractivity contribution in [2.24, 2.45) is 7.05 Å². The van der Waals surface area contributed by atoms with E-state index in [4.69, 9.17) is 4.42 Å². The molecular formula is C15H23N3O. The first-order valence-corrected chi connectivity index (χ1v) is 6.73. The van der Waals surface area contributed by atoms with Gasteiger partial charge >= 0.3 is 0 Å². The average Bonchev–Trinajstić information content (AvgIpc) is 2.93. The molecule has 1 N–H and O–H groups in total. The maximum atomic E-state index is 5.31. The first-order valence-electron chi connectivity index (χ1n) is 6.73. The van der Waals surface area contributed by atoms with Gasteiger partial charge in [-0.3, -0.25) is 4.68 Å². The Balaban J connectivity index is 1.89. The molecule has 0 atom stereocenters. The van der Waals surface area contributed by atoms with Crippen molar-refractivity contribution in [1.29, 1.82) is 0 Å². The zero-order chi connectivity index (χ0) is 13.9. The molecule has 2 rings (SSSR count). The predicted molar refractivity (Wildman–Crippen MR) is 76.0 cm³/mol. The number of nitrogens with one attached hydrogen (secondary N) is 1. The van der Waals surface area contributed by atoms with Gasteiger partial charge in [0.2, 0.25) is 0 Å². The number of rotatable bonds is 5. The summed E-state index contributed by atoms with van der Waals surface area (Å²) in [5.41, 5.74) is 2.52. The molecular weight excluding hydrogens is 238 g/mol. The van der Waals surface area contributed by atoms with E-state index in [1.165, 1.54) is 11.3 Å². The standard InChI is InChI=1S/C15H23N3O/c1-15(2,3)14-12(11-18(4)17-14)10-16-8-7-13-6-5-9-19-13/h5-6,9,11,16H,7-8,10H2,1-4H3. The molecule has 0 aliphatic rings. The van der Waals surface area contributed by atoms with Crippen molar-refractivity contribution in [2.75, 3.05) is 6.54 Å². The second-order valence-corrected chi connectivity index (χ2v) is 5.93. The van der Waals surface area contributed by atoms with E-state index in [0.29, 0.717) is 0 Å². The van der Waals surface area contributed by atoms with Crippen LogP contribution in [0.2, 0.25) is 0 Å². The van der Waals surface area contributed by atoms with Crippen LogP contribution in [-0.2, 0) is 25.4 Å². The summed E-state index contributed by atoms with van der Waals surface area (Å²) in [5, 5.41) is 8.02. The van der Waals surface area contributed by atoms with Crippen LogP contribution in [0.1, 0.15) is 37.8 Å². The second-order valence-electron chi connectivity index (χ2n) is 5.93. The van der Waals surface area contributed by atoms with E-state index in [2.05, 4.69) is 37.4 Å². The summed E-state index contributed by atoms with van der Waals surface area (Å²) in [6, 6.07) is 3.93. The normalized spacial score (nSPS) is 12.0. The summed E-state index contributed by atoms with van der Waals surface area (Å²) in [4.78, 5) is 0. The molecule has 0 spiro atoms. The number of nitrogens with zero attached hydrogens (tertiary/aromatic N) is 2. The third-order valence-corrected chi connectivity index (χ3v) is 3.06. The number of aryl methyl sites for hydroxylation is 1. The lowest BCUT2D eigenvalue weighted by Gasteiger charge is -2.17. The van der Waals surface area contributed by atoms with E-state index < -0.39 is 0 Å². The summed E-state index contributed by atoms with van der Waals surface area (Å²) in [6.45, 7) is 8.35. The minimum absolute atomic E-state index is 0.0826. The molecule has 0 fully saturated rings. The lowest BCUT2D eigenvalue weighted by Crippen LogP contribution is -2.20. The molecule has 0 radical (unpaired) electrons. The Morgan fingerprint density at radius 1 is 1.37 bits per heavy atom. The third-order valence-electron chi connectivity index (χ3n) is 3.06. The number of hydrogen-bond acceptors (Lipinski definition) is 3. The van der Waals surface area contributed by atoms with E-state index in [9.17, 15) is 0 Å². The minimum atomic E-state index is 0.0826. The van der Waals surface area contributed by atoms with Gasteiger partial charge < -0.3 is 9.73 Å². The third kappa shape index (κ3) is 3.70. The lowest BCUT2D eigenvalue weighted by molar-refractivity contribution is 0.497. The topological polar surface area (TPSA) is 43.0 Å². The Hall–Kier alpha value is -1.55. The number of furan rings is 1. The van der Waals surface area contributed by atoms with Gasteiger partial charge in [-0.1, -0.05) is 20.8 Å². The molecule has 2 aromatic heterocycles. The van der Waals surface area contributed by atoms with Gasteiger partial charge in [-0.2, -0.15) is 5.10 Å². The molecule has 0 unspecified atom stereocenters. The predicted octanol–water partition coefficient (Wildman–Crippen LogP) is 2.64. The molecule has 0 aliphatic heterocycles. The van der Waals surface area contributed by atoms with E-state index in [0.717, 1.165) is 25.3 Å². The molecule has 0 bridgehead atoms. The quantitative estimate of drug-likeness (QED) is 0.841. The van der Waals surface area contributed by atoms with Crippen LogP contribution in [0.4, 0.5) is 0 Å². The molecule has 4 heteroatoms. The van der Waals surface area contributed by atoms with E-state index >= 15 is 0 Å². The smallest absolute Gasteiger partial charge is 0.105 e. The summed E-state index contributed by atoms with van der Waals surface area (Å²) < 4.78 is 7.20. The van der Waals surface area contributed by atoms with Crippen molar-refractivity contribution in [2.45, 2.75) is 39.2 Å². The summed E-state index contributed by atoms with van der Waals surface area (Å²) >= 11 is 0. The fraction of sp³-hybridized carbons (Fsp3) is 0.533. The van der Waals surface area contributed by atoms with Crippen molar-refractivity contribution < 1.29 is 4.42 Å². The van der Waals surface area contributed by atoms with Crippen LogP contribution in [-0.4, -0.2) is 16.3 Å². The lowest BCUT2D eigenvalue weighted by atomic mass is 9.89. The van der Waals surface area contributed by atoms with Crippen molar-refractivity contribution in [3.63, 3.8) is 0 Å². The number of aromatic nitrogens is 2. The largest absolute Gasteiger partial charge is 0.469 e. The Morgan fingerprint density at radius 3 is 2.79 bits per heavy atom. The van der Waals surface area contributed by atoms with Crippen LogP contribution in [0.25, 0.3) is 0 Å². The van der Waals surface area contributed by atoms with Crippen LogP contribution in [0.15, 0.2) is 29.0 Å². The highest BCUT2D eigenvalue weighted by molar-refractivity contribution is 5.23. The van der Waals surface area contributed by atoms with Gasteiger partial charge in [0, 0.05) is 43.7 Å². The van der Waals surface area contributed by atoms with Crippen LogP contribution < -0.4 is 5.32 Å². The molecule has 2 aromatic rings. The van der Waals surface area contributed by atoms with Gasteiger partial charge in [0.1, 0.15) is 5.76 Å². The maximum absolute atomic E-state index is 5.31. The second kappa shape index (κ2) is 5.61. The van der Waals surface area contributed by atoms with Crippen molar-refractivity contribution in [1.82, 2.24) is 15.1 Å². The van der Waals surface area contributed by atoms with E-state index in [1.54, 1.807) is 6.26 Å². The van der Waals surface area contributed by atoms with Gasteiger partial charge in [-0.25, -0.2) is 0 Å². The molecule has 2 heterocycles. The van der Waals surface area contributed by atoms with E-state index in [1.807, 2.05) is 23.9 Å². The molecule has 0 saturated heterocycles. The number of hydrogen-bond donors (Lipinski definition) is 1. The fourth-order valence-electron chi connectivity index (χ4n) is 2.19. The molecule has 104 valence electrons. The monoisotopic (exact) mass is 261 g/mol. The summed E-state index contributed by atoms with van der Waals surface area (Å²) in [7, 11) is 1.97. The Kier molecular flexibility index (Phi) is 4.10. The Morgan fingerprint density at radius 2 is 2.16 bits per heavy atom. The highest BCUT2D eigenvalue weighted by Crippen LogP contribution is 2.23. The maximum Gasteiger partial charge on any atom is 0.105 e. The van der Waals surface area contributed by atoms with Crippen molar-refractivity contribution in [3.05, 3.63) is 41.6 Å². The van der Waals surface area contributed by atoms with Crippen LogP contribution in [0.3, 0.4) is 0 Å². The van der Waals surface area contributed by atoms with Crippen molar-refractivity contribution >= 4 is 0 Å². The van der Waals surface area contributed by atoms with Gasteiger partial charge in [0.25, 0.3) is 0 Å². The fourth-order valence-corrected chi connectivity index (χ4v) is 2.19.